The monoisotopic (exact) mass is 305 g/mol. The standard InChI is InChI=1S/C13H18F3N3O2/c14-13(15,16)9-20-10-21-12-6-11(7-18-8-12)19-4-1-2-17-3-5-19/h6-8,17H,1-5,9-10H2. The molecule has 8 heteroatoms. The van der Waals surface area contributed by atoms with Crippen LogP contribution >= 0.6 is 0 Å². The zero-order valence-electron chi connectivity index (χ0n) is 11.5. The Labute approximate surface area is 121 Å². The van der Waals surface area contributed by atoms with Crippen LogP contribution in [0.4, 0.5) is 18.9 Å². The lowest BCUT2D eigenvalue weighted by atomic mass is 10.3. The first-order valence-electron chi connectivity index (χ1n) is 6.72. The van der Waals surface area contributed by atoms with Gasteiger partial charge < -0.3 is 19.7 Å². The Morgan fingerprint density at radius 1 is 1.24 bits per heavy atom. The molecule has 1 aromatic rings. The van der Waals surface area contributed by atoms with Gasteiger partial charge >= 0.3 is 6.18 Å². The van der Waals surface area contributed by atoms with E-state index in [4.69, 9.17) is 4.74 Å². The molecule has 1 aliphatic heterocycles. The van der Waals surface area contributed by atoms with Gasteiger partial charge in [-0.1, -0.05) is 0 Å². The van der Waals surface area contributed by atoms with Crippen molar-refractivity contribution in [1.29, 1.82) is 0 Å². The minimum Gasteiger partial charge on any atom is -0.466 e. The molecule has 0 atom stereocenters. The molecule has 0 bridgehead atoms. The summed E-state index contributed by atoms with van der Waals surface area (Å²) in [6.45, 7) is 1.85. The van der Waals surface area contributed by atoms with Gasteiger partial charge in [-0.2, -0.15) is 13.2 Å². The third kappa shape index (κ3) is 5.76. The van der Waals surface area contributed by atoms with Crippen LogP contribution in [0.5, 0.6) is 5.75 Å². The first-order valence-corrected chi connectivity index (χ1v) is 6.72. The summed E-state index contributed by atoms with van der Waals surface area (Å²) in [5.74, 6) is 0.395. The number of halogens is 3. The predicted octanol–water partition coefficient (Wildman–Crippen LogP) is 1.80. The van der Waals surface area contributed by atoms with Gasteiger partial charge in [0.2, 0.25) is 0 Å². The van der Waals surface area contributed by atoms with Gasteiger partial charge in [-0.15, -0.1) is 0 Å². The van der Waals surface area contributed by atoms with Crippen molar-refractivity contribution in [2.45, 2.75) is 12.6 Å². The Bertz CT molecular complexity index is 435. The molecule has 1 saturated heterocycles. The minimum atomic E-state index is -4.34. The number of ether oxygens (including phenoxy) is 2. The van der Waals surface area contributed by atoms with E-state index in [9.17, 15) is 13.2 Å². The highest BCUT2D eigenvalue weighted by molar-refractivity contribution is 5.48. The lowest BCUT2D eigenvalue weighted by Crippen LogP contribution is -2.27. The number of nitrogens with zero attached hydrogens (tertiary/aromatic N) is 2. The quantitative estimate of drug-likeness (QED) is 0.664. The van der Waals surface area contributed by atoms with Gasteiger partial charge in [0, 0.05) is 25.7 Å². The van der Waals surface area contributed by atoms with Crippen LogP contribution in [0, 0.1) is 0 Å². The lowest BCUT2D eigenvalue weighted by molar-refractivity contribution is -0.186. The fourth-order valence-electron chi connectivity index (χ4n) is 2.03. The highest BCUT2D eigenvalue weighted by atomic mass is 19.4. The highest BCUT2D eigenvalue weighted by Crippen LogP contribution is 2.20. The summed E-state index contributed by atoms with van der Waals surface area (Å²) in [4.78, 5) is 6.22. The van der Waals surface area contributed by atoms with E-state index in [1.54, 1.807) is 12.3 Å². The molecule has 0 radical (unpaired) electrons. The van der Waals surface area contributed by atoms with Crippen molar-refractivity contribution in [3.05, 3.63) is 18.5 Å². The topological polar surface area (TPSA) is 46.6 Å². The first kappa shape index (κ1) is 15.8. The molecule has 0 aromatic carbocycles. The number of alkyl halides is 3. The van der Waals surface area contributed by atoms with Crippen LogP contribution in [0.2, 0.25) is 0 Å². The summed E-state index contributed by atoms with van der Waals surface area (Å²) in [5.41, 5.74) is 0.895. The molecule has 0 saturated carbocycles. The number of rotatable bonds is 5. The lowest BCUT2D eigenvalue weighted by Gasteiger charge is -2.22. The van der Waals surface area contributed by atoms with E-state index < -0.39 is 19.6 Å². The summed E-state index contributed by atoms with van der Waals surface area (Å²) < 4.78 is 45.3. The van der Waals surface area contributed by atoms with E-state index in [-0.39, 0.29) is 0 Å². The van der Waals surface area contributed by atoms with Crippen LogP contribution in [0.3, 0.4) is 0 Å². The number of aromatic nitrogens is 1. The summed E-state index contributed by atoms with van der Waals surface area (Å²) >= 11 is 0. The number of anilines is 1. The maximum absolute atomic E-state index is 11.9. The second kappa shape index (κ2) is 7.46. The van der Waals surface area contributed by atoms with Crippen LogP contribution in [0.15, 0.2) is 18.5 Å². The Morgan fingerprint density at radius 3 is 2.90 bits per heavy atom. The predicted molar refractivity (Wildman–Crippen MR) is 71.4 cm³/mol. The molecule has 0 aliphatic carbocycles. The van der Waals surface area contributed by atoms with Crippen LogP contribution in [-0.4, -0.2) is 50.7 Å². The average molecular weight is 305 g/mol. The van der Waals surface area contributed by atoms with Crippen molar-refractivity contribution in [3.63, 3.8) is 0 Å². The minimum absolute atomic E-state index is 0.395. The fourth-order valence-corrected chi connectivity index (χ4v) is 2.03. The zero-order chi connectivity index (χ0) is 15.1. The fraction of sp³-hybridized carbons (Fsp3) is 0.615. The van der Waals surface area contributed by atoms with Crippen molar-refractivity contribution in [2.24, 2.45) is 0 Å². The van der Waals surface area contributed by atoms with Gasteiger partial charge in [-0.25, -0.2) is 0 Å². The summed E-state index contributed by atoms with van der Waals surface area (Å²) in [7, 11) is 0. The van der Waals surface area contributed by atoms with E-state index in [1.807, 2.05) is 0 Å². The Balaban J connectivity index is 1.85. The van der Waals surface area contributed by atoms with Gasteiger partial charge in [-0.3, -0.25) is 4.98 Å². The van der Waals surface area contributed by atoms with Gasteiger partial charge in [0.05, 0.1) is 18.1 Å². The molecule has 1 N–H and O–H groups in total. The molecule has 0 spiro atoms. The molecule has 2 rings (SSSR count). The molecule has 1 fully saturated rings. The molecule has 118 valence electrons. The molecule has 0 amide bonds. The van der Waals surface area contributed by atoms with Crippen molar-refractivity contribution in [2.75, 3.05) is 44.5 Å². The largest absolute Gasteiger partial charge is 0.466 e. The molecule has 5 nitrogen and oxygen atoms in total. The number of hydrogen-bond donors (Lipinski definition) is 1. The molecular formula is C13H18F3N3O2. The van der Waals surface area contributed by atoms with E-state index in [1.165, 1.54) is 6.20 Å². The zero-order valence-corrected chi connectivity index (χ0v) is 11.5. The van der Waals surface area contributed by atoms with Crippen molar-refractivity contribution in [1.82, 2.24) is 10.3 Å². The van der Waals surface area contributed by atoms with Crippen LogP contribution in [-0.2, 0) is 4.74 Å². The third-order valence-electron chi connectivity index (χ3n) is 2.98. The van der Waals surface area contributed by atoms with E-state index >= 15 is 0 Å². The van der Waals surface area contributed by atoms with Crippen LogP contribution in [0.25, 0.3) is 0 Å². The van der Waals surface area contributed by atoms with E-state index in [0.717, 1.165) is 38.3 Å². The van der Waals surface area contributed by atoms with Gasteiger partial charge in [0.25, 0.3) is 0 Å². The molecule has 0 unspecified atom stereocenters. The molecule has 21 heavy (non-hydrogen) atoms. The summed E-state index contributed by atoms with van der Waals surface area (Å²) in [6.07, 6.45) is -0.145. The second-order valence-electron chi connectivity index (χ2n) is 4.70. The Kier molecular flexibility index (Phi) is 5.63. The molecule has 1 aliphatic rings. The highest BCUT2D eigenvalue weighted by Gasteiger charge is 2.27. The SMILES string of the molecule is FC(F)(F)COCOc1cncc(N2CCCNCC2)c1. The van der Waals surface area contributed by atoms with Crippen molar-refractivity contribution >= 4 is 5.69 Å². The molecule has 2 heterocycles. The smallest absolute Gasteiger partial charge is 0.411 e. The van der Waals surface area contributed by atoms with Crippen molar-refractivity contribution in [3.8, 4) is 5.75 Å². The van der Waals surface area contributed by atoms with Crippen LogP contribution in [0.1, 0.15) is 6.42 Å². The van der Waals surface area contributed by atoms with Gasteiger partial charge in [0.1, 0.15) is 12.4 Å². The normalized spacial score (nSPS) is 16.6. The number of pyridine rings is 1. The van der Waals surface area contributed by atoms with E-state index in [0.29, 0.717) is 5.75 Å². The maximum Gasteiger partial charge on any atom is 0.411 e. The average Bonchev–Trinajstić information content (AvgIpc) is 2.72. The number of hydrogen-bond acceptors (Lipinski definition) is 5. The van der Waals surface area contributed by atoms with Gasteiger partial charge in [0.15, 0.2) is 6.79 Å². The third-order valence-corrected chi connectivity index (χ3v) is 2.98. The Morgan fingerprint density at radius 2 is 2.10 bits per heavy atom. The Hall–Kier alpha value is -1.54. The van der Waals surface area contributed by atoms with E-state index in [2.05, 4.69) is 19.9 Å². The summed E-state index contributed by atoms with van der Waals surface area (Å²) in [5, 5.41) is 3.30. The maximum atomic E-state index is 11.9. The summed E-state index contributed by atoms with van der Waals surface area (Å²) in [6, 6.07) is 1.76. The first-order chi connectivity index (χ1) is 10.0. The van der Waals surface area contributed by atoms with Crippen LogP contribution < -0.4 is 15.0 Å². The molecular weight excluding hydrogens is 287 g/mol. The van der Waals surface area contributed by atoms with Gasteiger partial charge in [-0.05, 0) is 13.0 Å². The second-order valence-corrected chi connectivity index (χ2v) is 4.70. The van der Waals surface area contributed by atoms with Crippen molar-refractivity contribution < 1.29 is 22.6 Å². The molecule has 1 aromatic heterocycles. The number of nitrogens with one attached hydrogen (secondary N) is 1.